The van der Waals surface area contributed by atoms with E-state index < -0.39 is 0 Å². The summed E-state index contributed by atoms with van der Waals surface area (Å²) in [6, 6.07) is 0. The van der Waals surface area contributed by atoms with E-state index in [9.17, 15) is 4.79 Å². The van der Waals surface area contributed by atoms with E-state index in [4.69, 9.17) is 18.0 Å². The molecule has 0 saturated carbocycles. The number of aromatic amines is 1. The Balaban J connectivity index is 2.23. The molecule has 0 spiro atoms. The van der Waals surface area contributed by atoms with Crippen LogP contribution >= 0.6 is 23.6 Å². The second-order valence-electron chi connectivity index (χ2n) is 3.82. The number of nitrogens with two attached hydrogens (primary N) is 1. The molecule has 0 radical (unpaired) electrons. The Morgan fingerprint density at radius 2 is 2.44 bits per heavy atom. The lowest BCUT2D eigenvalue weighted by molar-refractivity contribution is 0.757. The molecule has 0 unspecified atom stereocenters. The zero-order chi connectivity index (χ0) is 13.3. The molecule has 0 aromatic carbocycles. The molecule has 18 heavy (non-hydrogen) atoms. The third kappa shape index (κ3) is 2.44. The fourth-order valence-electron chi connectivity index (χ4n) is 1.74. The van der Waals surface area contributed by atoms with Gasteiger partial charge in [0.1, 0.15) is 10.8 Å². The number of aromatic nitrogens is 3. The number of hydrogen-bond acceptors (Lipinski definition) is 5. The average molecular weight is 283 g/mol. The van der Waals surface area contributed by atoms with Crippen molar-refractivity contribution in [2.75, 3.05) is 5.32 Å². The molecular weight excluding hydrogens is 270 g/mol. The normalized spacial score (nSPS) is 10.6. The van der Waals surface area contributed by atoms with Crippen molar-refractivity contribution in [3.05, 3.63) is 32.0 Å². The summed E-state index contributed by atoms with van der Waals surface area (Å²) < 4.78 is 1.69. The Hall–Kier alpha value is -1.67. The number of anilines is 1. The molecule has 2 aromatic rings. The van der Waals surface area contributed by atoms with Crippen molar-refractivity contribution in [2.24, 2.45) is 12.8 Å². The van der Waals surface area contributed by atoms with Crippen molar-refractivity contribution in [1.29, 1.82) is 0 Å². The number of thiocarbonyl (C=S) groups is 1. The molecule has 0 aliphatic carbocycles. The summed E-state index contributed by atoms with van der Waals surface area (Å²) >= 11 is 6.15. The Bertz CT molecular complexity index is 639. The van der Waals surface area contributed by atoms with Gasteiger partial charge in [0.15, 0.2) is 0 Å². The van der Waals surface area contributed by atoms with Crippen LogP contribution < -0.4 is 15.9 Å². The highest BCUT2D eigenvalue weighted by Crippen LogP contribution is 2.19. The van der Waals surface area contributed by atoms with Crippen molar-refractivity contribution >= 4 is 34.4 Å². The quantitative estimate of drug-likeness (QED) is 0.720. The smallest absolute Gasteiger partial charge is 0.304 e. The lowest BCUT2D eigenvalue weighted by atomic mass is 10.2. The topological polar surface area (TPSA) is 88.7 Å². The molecule has 96 valence electrons. The second kappa shape index (κ2) is 4.91. The summed E-state index contributed by atoms with van der Waals surface area (Å²) in [7, 11) is 1.81. The summed E-state index contributed by atoms with van der Waals surface area (Å²) in [5, 5.41) is 9.23. The van der Waals surface area contributed by atoms with E-state index in [1.165, 1.54) is 0 Å². The summed E-state index contributed by atoms with van der Waals surface area (Å²) in [4.78, 5) is 14.0. The first-order chi connectivity index (χ1) is 8.49. The molecule has 6 nitrogen and oxygen atoms in total. The molecule has 0 aliphatic heterocycles. The standard InChI is InChI=1S/C10H13N5OS2/c1-5-7(8(11)17)9(15(2)14-5)12-3-6-4-18-10(16)13-6/h4,12H,3H2,1-2H3,(H2,11,17)(H,13,16). The van der Waals surface area contributed by atoms with Gasteiger partial charge in [0.2, 0.25) is 0 Å². The molecular formula is C10H13N5OS2. The molecule has 0 amide bonds. The maximum atomic E-state index is 11.0. The molecule has 0 aliphatic rings. The van der Waals surface area contributed by atoms with Crippen molar-refractivity contribution in [3.63, 3.8) is 0 Å². The largest absolute Gasteiger partial charge is 0.389 e. The van der Waals surface area contributed by atoms with Crippen LogP contribution in [0.5, 0.6) is 0 Å². The van der Waals surface area contributed by atoms with E-state index >= 15 is 0 Å². The van der Waals surface area contributed by atoms with Gasteiger partial charge < -0.3 is 16.0 Å². The van der Waals surface area contributed by atoms with Gasteiger partial charge in [-0.05, 0) is 6.92 Å². The van der Waals surface area contributed by atoms with Gasteiger partial charge in [0, 0.05) is 18.1 Å². The first kappa shape index (κ1) is 12.8. The maximum absolute atomic E-state index is 11.0. The Kier molecular flexibility index (Phi) is 3.48. The van der Waals surface area contributed by atoms with E-state index in [-0.39, 0.29) is 4.87 Å². The fourth-order valence-corrected chi connectivity index (χ4v) is 2.56. The molecule has 8 heteroatoms. The summed E-state index contributed by atoms with van der Waals surface area (Å²) in [5.41, 5.74) is 8.03. The molecule has 2 rings (SSSR count). The van der Waals surface area contributed by atoms with Crippen LogP contribution in [0.2, 0.25) is 0 Å². The number of rotatable bonds is 4. The van der Waals surface area contributed by atoms with Crippen LogP contribution in [0, 0.1) is 6.92 Å². The zero-order valence-electron chi connectivity index (χ0n) is 9.98. The predicted octanol–water partition coefficient (Wildman–Crippen LogP) is 0.725. The van der Waals surface area contributed by atoms with Crippen LogP contribution in [0.4, 0.5) is 5.82 Å². The Labute approximate surface area is 113 Å². The third-order valence-corrected chi connectivity index (χ3v) is 3.41. The van der Waals surface area contributed by atoms with Crippen molar-refractivity contribution in [3.8, 4) is 0 Å². The van der Waals surface area contributed by atoms with Gasteiger partial charge in [-0.2, -0.15) is 5.10 Å². The molecule has 0 saturated heterocycles. The number of nitrogens with zero attached hydrogens (tertiary/aromatic N) is 2. The highest BCUT2D eigenvalue weighted by atomic mass is 32.1. The lowest BCUT2D eigenvalue weighted by Gasteiger charge is -2.07. The number of thiazole rings is 1. The van der Waals surface area contributed by atoms with E-state index in [1.54, 1.807) is 10.1 Å². The Morgan fingerprint density at radius 1 is 1.72 bits per heavy atom. The fraction of sp³-hybridized carbons (Fsp3) is 0.300. The second-order valence-corrected chi connectivity index (χ2v) is 5.11. The van der Waals surface area contributed by atoms with E-state index in [1.807, 2.05) is 14.0 Å². The minimum atomic E-state index is -0.0671. The number of nitrogens with one attached hydrogen (secondary N) is 2. The number of aryl methyl sites for hydroxylation is 2. The van der Waals surface area contributed by atoms with Crippen LogP contribution in [-0.2, 0) is 13.6 Å². The van der Waals surface area contributed by atoms with E-state index in [2.05, 4.69) is 15.4 Å². The lowest BCUT2D eigenvalue weighted by Crippen LogP contribution is -2.14. The number of H-pyrrole nitrogens is 1. The predicted molar refractivity (Wildman–Crippen MR) is 76.1 cm³/mol. The molecule has 2 heterocycles. The molecule has 4 N–H and O–H groups in total. The third-order valence-electron chi connectivity index (χ3n) is 2.49. The summed E-state index contributed by atoms with van der Waals surface area (Å²) in [6.45, 7) is 2.35. The minimum absolute atomic E-state index is 0.0671. The highest BCUT2D eigenvalue weighted by molar-refractivity contribution is 7.80. The monoisotopic (exact) mass is 283 g/mol. The van der Waals surface area contributed by atoms with Gasteiger partial charge in [-0.1, -0.05) is 23.6 Å². The zero-order valence-corrected chi connectivity index (χ0v) is 11.6. The average Bonchev–Trinajstić information content (AvgIpc) is 2.79. The minimum Gasteiger partial charge on any atom is -0.389 e. The first-order valence-electron chi connectivity index (χ1n) is 5.23. The summed E-state index contributed by atoms with van der Waals surface area (Å²) in [5.74, 6) is 0.757. The van der Waals surface area contributed by atoms with Crippen LogP contribution in [0.3, 0.4) is 0 Å². The van der Waals surface area contributed by atoms with Gasteiger partial charge in [0.25, 0.3) is 0 Å². The van der Waals surface area contributed by atoms with Gasteiger partial charge >= 0.3 is 4.87 Å². The van der Waals surface area contributed by atoms with Gasteiger partial charge in [-0.15, -0.1) is 0 Å². The van der Waals surface area contributed by atoms with Gasteiger partial charge in [-0.25, -0.2) is 0 Å². The Morgan fingerprint density at radius 3 is 3.00 bits per heavy atom. The van der Waals surface area contributed by atoms with Crippen LogP contribution in [0.1, 0.15) is 17.0 Å². The molecule has 0 bridgehead atoms. The van der Waals surface area contributed by atoms with Crippen LogP contribution in [0.25, 0.3) is 0 Å². The van der Waals surface area contributed by atoms with Gasteiger partial charge in [-0.3, -0.25) is 9.48 Å². The van der Waals surface area contributed by atoms with E-state index in [0.29, 0.717) is 11.5 Å². The molecule has 0 fully saturated rings. The molecule has 0 atom stereocenters. The SMILES string of the molecule is Cc1nn(C)c(NCc2csc(=O)[nH]2)c1C(N)=S. The van der Waals surface area contributed by atoms with Crippen LogP contribution in [-0.4, -0.2) is 19.8 Å². The van der Waals surface area contributed by atoms with Gasteiger partial charge in [0.05, 0.1) is 17.8 Å². The van der Waals surface area contributed by atoms with Crippen molar-refractivity contribution < 1.29 is 0 Å². The highest BCUT2D eigenvalue weighted by Gasteiger charge is 2.15. The summed E-state index contributed by atoms with van der Waals surface area (Å²) in [6.07, 6.45) is 0. The van der Waals surface area contributed by atoms with Crippen molar-refractivity contribution in [2.45, 2.75) is 13.5 Å². The van der Waals surface area contributed by atoms with Crippen molar-refractivity contribution in [1.82, 2.24) is 14.8 Å². The maximum Gasteiger partial charge on any atom is 0.304 e. The van der Waals surface area contributed by atoms with Crippen LogP contribution in [0.15, 0.2) is 10.2 Å². The first-order valence-corrected chi connectivity index (χ1v) is 6.51. The van der Waals surface area contributed by atoms with E-state index in [0.717, 1.165) is 34.1 Å². The molecule has 2 aromatic heterocycles. The number of hydrogen-bond donors (Lipinski definition) is 3.